The molecule has 2 aliphatic rings. The van der Waals surface area contributed by atoms with E-state index < -0.39 is 0 Å². The van der Waals surface area contributed by atoms with Crippen molar-refractivity contribution in [2.45, 2.75) is 19.5 Å². The number of methoxy groups -OCH3 is 1. The van der Waals surface area contributed by atoms with Gasteiger partial charge in [-0.1, -0.05) is 6.08 Å². The van der Waals surface area contributed by atoms with Crippen LogP contribution in [0.4, 0.5) is 0 Å². The molecule has 0 bridgehead atoms. The molecular weight excluding hydrogens is 368 g/mol. The molecule has 1 saturated heterocycles. The van der Waals surface area contributed by atoms with Crippen LogP contribution in [0.15, 0.2) is 43.0 Å². The van der Waals surface area contributed by atoms with E-state index in [-0.39, 0.29) is 5.75 Å². The fourth-order valence-electron chi connectivity index (χ4n) is 4.22. The van der Waals surface area contributed by atoms with Crippen molar-refractivity contribution in [1.82, 2.24) is 0 Å². The third-order valence-corrected chi connectivity index (χ3v) is 5.81. The Morgan fingerprint density at radius 1 is 1.00 bits per heavy atom. The first-order chi connectivity index (χ1) is 14.2. The maximum atomic E-state index is 10.5. The van der Waals surface area contributed by atoms with Gasteiger partial charge in [-0.25, -0.2) is 0 Å². The summed E-state index contributed by atoms with van der Waals surface area (Å²) in [5, 5.41) is 10.5. The number of ether oxygens (including phenoxy) is 3. The molecule has 0 radical (unpaired) electrons. The van der Waals surface area contributed by atoms with Crippen LogP contribution < -0.4 is 24.0 Å². The van der Waals surface area contributed by atoms with Gasteiger partial charge in [-0.15, -0.1) is 6.58 Å². The molecule has 0 saturated carbocycles. The van der Waals surface area contributed by atoms with Crippen LogP contribution in [0.1, 0.15) is 16.7 Å². The molecule has 29 heavy (non-hydrogen) atoms. The van der Waals surface area contributed by atoms with E-state index >= 15 is 0 Å². The largest absolute Gasteiger partial charge is 0.504 e. The van der Waals surface area contributed by atoms with Gasteiger partial charge in [-0.2, -0.15) is 0 Å². The van der Waals surface area contributed by atoms with E-state index in [1.807, 2.05) is 18.2 Å². The molecule has 0 unspecified atom stereocenters. The molecule has 6 nitrogen and oxygen atoms in total. The lowest BCUT2D eigenvalue weighted by Gasteiger charge is -2.30. The van der Waals surface area contributed by atoms with Gasteiger partial charge in [0, 0.05) is 5.56 Å². The monoisotopic (exact) mass is 398 g/mol. The van der Waals surface area contributed by atoms with Gasteiger partial charge in [0.25, 0.3) is 0 Å². The van der Waals surface area contributed by atoms with Crippen LogP contribution in [0.25, 0.3) is 0 Å². The van der Waals surface area contributed by atoms with Crippen LogP contribution in [0, 0.1) is 0 Å². The summed E-state index contributed by atoms with van der Waals surface area (Å²) in [7, 11) is 1.60. The molecule has 0 aliphatic carbocycles. The Morgan fingerprint density at radius 3 is 2.45 bits per heavy atom. The Morgan fingerprint density at radius 2 is 1.72 bits per heavy atom. The van der Waals surface area contributed by atoms with Gasteiger partial charge in [0.15, 0.2) is 23.0 Å². The average Bonchev–Trinajstić information content (AvgIpc) is 3.20. The molecule has 154 valence electrons. The minimum Gasteiger partial charge on any atom is -0.504 e. The van der Waals surface area contributed by atoms with Gasteiger partial charge in [0.1, 0.15) is 39.3 Å². The minimum atomic E-state index is 0.267. The fraction of sp³-hybridized carbons (Fsp3) is 0.391. The van der Waals surface area contributed by atoms with Gasteiger partial charge < -0.3 is 29.1 Å². The van der Waals surface area contributed by atoms with E-state index in [1.165, 1.54) is 10.5 Å². The maximum Gasteiger partial charge on any atom is 0.231 e. The molecule has 2 aliphatic heterocycles. The molecule has 1 fully saturated rings. The molecular formula is C23H30N2O4+2. The van der Waals surface area contributed by atoms with Gasteiger partial charge in [0.05, 0.1) is 12.7 Å². The van der Waals surface area contributed by atoms with Crippen LogP contribution in [-0.4, -0.2) is 45.2 Å². The third kappa shape index (κ3) is 4.49. The predicted molar refractivity (Wildman–Crippen MR) is 110 cm³/mol. The zero-order valence-electron chi connectivity index (χ0n) is 17.0. The van der Waals surface area contributed by atoms with Crippen LogP contribution >= 0.6 is 0 Å². The summed E-state index contributed by atoms with van der Waals surface area (Å²) in [6.07, 6.45) is 2.65. The number of phenols is 1. The van der Waals surface area contributed by atoms with Crippen molar-refractivity contribution in [2.75, 3.05) is 40.1 Å². The smallest absolute Gasteiger partial charge is 0.231 e. The SMILES string of the molecule is C=CCc1cc(C[NH+]2CC[NH+](Cc3ccc4c(c3)OCO4)CC2)c(O)c(OC)c1. The molecule has 2 aromatic rings. The highest BCUT2D eigenvalue weighted by atomic mass is 16.7. The Hall–Kier alpha value is -2.70. The fourth-order valence-corrected chi connectivity index (χ4v) is 4.22. The highest BCUT2D eigenvalue weighted by Gasteiger charge is 2.25. The molecule has 4 rings (SSSR count). The molecule has 2 aromatic carbocycles. The second-order valence-corrected chi connectivity index (χ2v) is 7.84. The van der Waals surface area contributed by atoms with Gasteiger partial charge in [0.2, 0.25) is 6.79 Å². The van der Waals surface area contributed by atoms with E-state index in [4.69, 9.17) is 14.2 Å². The van der Waals surface area contributed by atoms with Crippen molar-refractivity contribution in [3.63, 3.8) is 0 Å². The Kier molecular flexibility index (Phi) is 5.92. The summed E-state index contributed by atoms with van der Waals surface area (Å²) in [5.74, 6) is 2.51. The second-order valence-electron chi connectivity index (χ2n) is 7.84. The lowest BCUT2D eigenvalue weighted by molar-refractivity contribution is -1.02. The van der Waals surface area contributed by atoms with Crippen molar-refractivity contribution in [1.29, 1.82) is 0 Å². The topological polar surface area (TPSA) is 56.8 Å². The third-order valence-electron chi connectivity index (χ3n) is 5.81. The van der Waals surface area contributed by atoms with Gasteiger partial charge >= 0.3 is 0 Å². The summed E-state index contributed by atoms with van der Waals surface area (Å²) < 4.78 is 16.2. The van der Waals surface area contributed by atoms with E-state index in [9.17, 15) is 5.11 Å². The quantitative estimate of drug-likeness (QED) is 0.589. The summed E-state index contributed by atoms with van der Waals surface area (Å²) in [6.45, 7) is 10.3. The zero-order valence-corrected chi connectivity index (χ0v) is 17.0. The van der Waals surface area contributed by atoms with Crippen LogP contribution in [0.3, 0.4) is 0 Å². The second kappa shape index (κ2) is 8.76. The molecule has 2 heterocycles. The molecule has 0 aromatic heterocycles. The van der Waals surface area contributed by atoms with Crippen LogP contribution in [0.2, 0.25) is 0 Å². The number of quaternary nitrogens is 2. The van der Waals surface area contributed by atoms with Crippen molar-refractivity contribution < 1.29 is 29.1 Å². The van der Waals surface area contributed by atoms with Crippen LogP contribution in [0.5, 0.6) is 23.0 Å². The van der Waals surface area contributed by atoms with Gasteiger partial charge in [-0.3, -0.25) is 0 Å². The molecule has 3 N–H and O–H groups in total. The van der Waals surface area contributed by atoms with Crippen LogP contribution in [-0.2, 0) is 19.5 Å². The zero-order chi connectivity index (χ0) is 20.2. The summed E-state index contributed by atoms with van der Waals surface area (Å²) in [4.78, 5) is 3.07. The summed E-state index contributed by atoms with van der Waals surface area (Å²) in [5.41, 5.74) is 3.36. The number of nitrogens with one attached hydrogen (secondary N) is 2. The standard InChI is InChI=1S/C23H28N2O4/c1-3-4-17-11-19(23(26)22(12-17)27-2)15-25-9-7-24(8-10-25)14-18-5-6-20-21(13-18)29-16-28-20/h3,5-6,11-13,26H,1,4,7-10,14-16H2,2H3/p+2. The normalized spacial score (nSPS) is 20.4. The highest BCUT2D eigenvalue weighted by Crippen LogP contribution is 2.32. The van der Waals surface area contributed by atoms with E-state index in [0.717, 1.165) is 68.3 Å². The number of rotatable bonds is 7. The van der Waals surface area contributed by atoms with E-state index in [0.29, 0.717) is 12.5 Å². The van der Waals surface area contributed by atoms with Crippen molar-refractivity contribution >= 4 is 0 Å². The first-order valence-electron chi connectivity index (χ1n) is 10.2. The number of phenolic OH excluding ortho intramolecular Hbond substituents is 1. The first kappa shape index (κ1) is 19.6. The number of hydrogen-bond acceptors (Lipinski definition) is 4. The average molecular weight is 399 g/mol. The Bertz CT molecular complexity index is 875. The number of hydrogen-bond donors (Lipinski definition) is 3. The summed E-state index contributed by atoms with van der Waals surface area (Å²) in [6, 6.07) is 10.2. The number of benzene rings is 2. The number of allylic oxidation sites excluding steroid dienone is 1. The maximum absolute atomic E-state index is 10.5. The number of fused-ring (bicyclic) bond motifs is 1. The minimum absolute atomic E-state index is 0.267. The summed E-state index contributed by atoms with van der Waals surface area (Å²) >= 11 is 0. The lowest BCUT2D eigenvalue weighted by atomic mass is 10.0. The Labute approximate surface area is 171 Å². The highest BCUT2D eigenvalue weighted by molar-refractivity contribution is 5.48. The van der Waals surface area contributed by atoms with Crippen molar-refractivity contribution in [2.24, 2.45) is 0 Å². The van der Waals surface area contributed by atoms with Crippen molar-refractivity contribution in [3.05, 3.63) is 59.7 Å². The lowest BCUT2D eigenvalue weighted by Crippen LogP contribution is -3.27. The number of piperazine rings is 1. The van der Waals surface area contributed by atoms with E-state index in [1.54, 1.807) is 12.0 Å². The molecule has 6 heteroatoms. The van der Waals surface area contributed by atoms with Crippen molar-refractivity contribution in [3.8, 4) is 23.0 Å². The number of aromatic hydroxyl groups is 1. The molecule has 0 spiro atoms. The van der Waals surface area contributed by atoms with E-state index in [2.05, 4.69) is 24.8 Å². The predicted octanol–water partition coefficient (Wildman–Crippen LogP) is 0.342. The first-order valence-corrected chi connectivity index (χ1v) is 10.2. The Balaban J connectivity index is 1.35. The van der Waals surface area contributed by atoms with Gasteiger partial charge in [-0.05, 0) is 42.3 Å². The molecule has 0 amide bonds. The molecule has 0 atom stereocenters.